The molecule has 7 rings (SSSR count). The standard InChI is InChI=1S/C32H33ClN6O2S/c1-2-37-13-9-22(10-14-37)20-5-7-21(8-6-20)23-16-24-25(26(33)17-23)18-39(31(24)41)29(30(40)36-32-34-11-15-42-32)28-27-4-3-12-38(27)19-35-28/h5-8,11,15-17,19,22,29H,2-4,9-10,12-14,18H2,1H3,(H,34,36,40). The molecule has 0 aliphatic carbocycles. The third-order valence-corrected chi connectivity index (χ3v) is 10.1. The number of carbonyl (C=O) groups is 2. The molecule has 2 aromatic heterocycles. The monoisotopic (exact) mass is 600 g/mol. The van der Waals surface area contributed by atoms with Crippen molar-refractivity contribution in [3.8, 4) is 11.1 Å². The number of fused-ring (bicyclic) bond motifs is 2. The number of imidazole rings is 1. The van der Waals surface area contributed by atoms with Crippen LogP contribution in [0.3, 0.4) is 0 Å². The van der Waals surface area contributed by atoms with Gasteiger partial charge in [0, 0.05) is 46.5 Å². The molecule has 0 radical (unpaired) electrons. The van der Waals surface area contributed by atoms with Crippen molar-refractivity contribution >= 4 is 39.9 Å². The molecule has 1 fully saturated rings. The van der Waals surface area contributed by atoms with Crippen molar-refractivity contribution in [3.05, 3.63) is 87.4 Å². The topological polar surface area (TPSA) is 83.4 Å². The van der Waals surface area contributed by atoms with Crippen molar-refractivity contribution < 1.29 is 9.59 Å². The normalized spacial score (nSPS) is 17.9. The van der Waals surface area contributed by atoms with E-state index in [0.717, 1.165) is 61.4 Å². The summed E-state index contributed by atoms with van der Waals surface area (Å²) in [5.74, 6) is 0.0424. The molecule has 3 aliphatic rings. The van der Waals surface area contributed by atoms with E-state index >= 15 is 0 Å². The van der Waals surface area contributed by atoms with Crippen LogP contribution in [0.4, 0.5) is 5.13 Å². The van der Waals surface area contributed by atoms with Gasteiger partial charge in [-0.2, -0.15) is 0 Å². The highest BCUT2D eigenvalue weighted by molar-refractivity contribution is 7.13. The predicted octanol–water partition coefficient (Wildman–Crippen LogP) is 6.14. The third-order valence-electron chi connectivity index (χ3n) is 9.04. The second kappa shape index (κ2) is 11.3. The molecular weight excluding hydrogens is 568 g/mol. The molecule has 2 amide bonds. The van der Waals surface area contributed by atoms with Gasteiger partial charge >= 0.3 is 0 Å². The van der Waals surface area contributed by atoms with Crippen molar-refractivity contribution in [2.45, 2.75) is 57.7 Å². The molecule has 8 nitrogen and oxygen atoms in total. The molecule has 1 atom stereocenters. The van der Waals surface area contributed by atoms with Crippen molar-refractivity contribution in [1.82, 2.24) is 24.3 Å². The van der Waals surface area contributed by atoms with Gasteiger partial charge in [0.05, 0.1) is 12.0 Å². The summed E-state index contributed by atoms with van der Waals surface area (Å²) in [6.07, 6.45) is 7.59. The Morgan fingerprint density at radius 2 is 1.93 bits per heavy atom. The summed E-state index contributed by atoms with van der Waals surface area (Å²) in [7, 11) is 0. The van der Waals surface area contributed by atoms with Crippen LogP contribution in [0.5, 0.6) is 0 Å². The third kappa shape index (κ3) is 4.93. The van der Waals surface area contributed by atoms with Crippen LogP contribution in [-0.4, -0.2) is 55.8 Å². The average molecular weight is 601 g/mol. The maximum absolute atomic E-state index is 14.0. The lowest BCUT2D eigenvalue weighted by Gasteiger charge is -2.31. The van der Waals surface area contributed by atoms with Crippen LogP contribution in [0.15, 0.2) is 54.3 Å². The second-order valence-corrected chi connectivity index (χ2v) is 12.7. The zero-order valence-corrected chi connectivity index (χ0v) is 25.1. The number of likely N-dealkylation sites (tertiary alicyclic amines) is 1. The average Bonchev–Trinajstić information content (AvgIpc) is 3.82. The number of nitrogens with zero attached hydrogens (tertiary/aromatic N) is 5. The summed E-state index contributed by atoms with van der Waals surface area (Å²) in [6, 6.07) is 11.7. The number of anilines is 1. The minimum Gasteiger partial charge on any atom is -0.334 e. The van der Waals surface area contributed by atoms with Crippen LogP contribution in [0.2, 0.25) is 5.02 Å². The Kier molecular flexibility index (Phi) is 7.34. The molecule has 0 bridgehead atoms. The lowest BCUT2D eigenvalue weighted by Crippen LogP contribution is -2.38. The first-order chi connectivity index (χ1) is 20.5. The minimum absolute atomic E-state index is 0.216. The second-order valence-electron chi connectivity index (χ2n) is 11.4. The number of carbonyl (C=O) groups excluding carboxylic acids is 2. The van der Waals surface area contributed by atoms with Crippen LogP contribution in [0.1, 0.15) is 71.0 Å². The van der Waals surface area contributed by atoms with Crippen LogP contribution >= 0.6 is 22.9 Å². The van der Waals surface area contributed by atoms with Crippen molar-refractivity contribution in [1.29, 1.82) is 0 Å². The summed E-state index contributed by atoms with van der Waals surface area (Å²) < 4.78 is 2.08. The first-order valence-corrected chi connectivity index (χ1v) is 16.0. The highest BCUT2D eigenvalue weighted by Crippen LogP contribution is 2.40. The Morgan fingerprint density at radius 3 is 2.67 bits per heavy atom. The first-order valence-electron chi connectivity index (χ1n) is 14.7. The fourth-order valence-electron chi connectivity index (χ4n) is 6.70. The van der Waals surface area contributed by atoms with Gasteiger partial charge in [-0.05, 0) is 80.1 Å². The zero-order chi connectivity index (χ0) is 28.8. The number of benzene rings is 2. The molecule has 0 saturated carbocycles. The van der Waals surface area contributed by atoms with E-state index < -0.39 is 6.04 Å². The van der Waals surface area contributed by atoms with Gasteiger partial charge in [-0.3, -0.25) is 14.9 Å². The number of halogens is 1. The molecule has 0 spiro atoms. The molecule has 5 heterocycles. The SMILES string of the molecule is CCN1CCC(c2ccc(-c3cc(Cl)c4c(c3)C(=O)N(C(C(=O)Nc3nccs3)c3ncn5c3CCC5)C4)cc2)CC1. The fraction of sp³-hybridized carbons (Fsp3) is 0.375. The Balaban J connectivity index is 1.17. The largest absolute Gasteiger partial charge is 0.334 e. The number of amides is 2. The van der Waals surface area contributed by atoms with E-state index in [1.165, 1.54) is 29.7 Å². The van der Waals surface area contributed by atoms with E-state index in [4.69, 9.17) is 11.6 Å². The quantitative estimate of drug-likeness (QED) is 0.275. The van der Waals surface area contributed by atoms with E-state index in [-0.39, 0.29) is 18.4 Å². The summed E-state index contributed by atoms with van der Waals surface area (Å²) in [4.78, 5) is 40.7. The van der Waals surface area contributed by atoms with Crippen molar-refractivity contribution in [3.63, 3.8) is 0 Å². The van der Waals surface area contributed by atoms with Gasteiger partial charge in [-0.1, -0.05) is 42.8 Å². The van der Waals surface area contributed by atoms with E-state index in [9.17, 15) is 9.59 Å². The number of rotatable bonds is 7. The minimum atomic E-state index is -0.888. The number of hydrogen-bond acceptors (Lipinski definition) is 6. The van der Waals surface area contributed by atoms with Gasteiger partial charge in [-0.15, -0.1) is 11.3 Å². The summed E-state index contributed by atoms with van der Waals surface area (Å²) in [5.41, 5.74) is 6.19. The summed E-state index contributed by atoms with van der Waals surface area (Å²) >= 11 is 8.18. The van der Waals surface area contributed by atoms with Gasteiger partial charge in [0.25, 0.3) is 11.8 Å². The van der Waals surface area contributed by atoms with Crippen LogP contribution in [0, 0.1) is 0 Å². The highest BCUT2D eigenvalue weighted by atomic mass is 35.5. The summed E-state index contributed by atoms with van der Waals surface area (Å²) in [6.45, 7) is 6.73. The molecule has 42 heavy (non-hydrogen) atoms. The number of piperidine rings is 1. The Bertz CT molecular complexity index is 1630. The van der Waals surface area contributed by atoms with Gasteiger partial charge in [0.15, 0.2) is 11.2 Å². The van der Waals surface area contributed by atoms with Gasteiger partial charge < -0.3 is 14.4 Å². The number of aryl methyl sites for hydroxylation is 1. The molecule has 10 heteroatoms. The van der Waals surface area contributed by atoms with Gasteiger partial charge in [0.1, 0.15) is 0 Å². The maximum Gasteiger partial charge on any atom is 0.255 e. The number of aromatic nitrogens is 3. The Hall–Kier alpha value is -3.53. The van der Waals surface area contributed by atoms with Crippen LogP contribution in [-0.2, 0) is 24.3 Å². The molecular formula is C32H33ClN6O2S. The predicted molar refractivity (Wildman–Crippen MR) is 165 cm³/mol. The lowest BCUT2D eigenvalue weighted by atomic mass is 9.88. The summed E-state index contributed by atoms with van der Waals surface area (Å²) in [5, 5.41) is 5.73. The molecule has 1 saturated heterocycles. The smallest absolute Gasteiger partial charge is 0.255 e. The van der Waals surface area contributed by atoms with Crippen LogP contribution < -0.4 is 5.32 Å². The number of hydrogen-bond donors (Lipinski definition) is 1. The molecule has 4 aromatic rings. The van der Waals surface area contributed by atoms with Gasteiger partial charge in [-0.25, -0.2) is 9.97 Å². The molecule has 1 N–H and O–H groups in total. The lowest BCUT2D eigenvalue weighted by molar-refractivity contribution is -0.121. The fourth-order valence-corrected chi connectivity index (χ4v) is 7.51. The molecule has 3 aliphatic heterocycles. The van der Waals surface area contributed by atoms with Gasteiger partial charge in [0.2, 0.25) is 0 Å². The van der Waals surface area contributed by atoms with E-state index in [2.05, 4.69) is 55.9 Å². The maximum atomic E-state index is 14.0. The van der Waals surface area contributed by atoms with E-state index in [1.807, 2.05) is 12.1 Å². The molecule has 1 unspecified atom stereocenters. The van der Waals surface area contributed by atoms with Crippen LogP contribution in [0.25, 0.3) is 11.1 Å². The Labute approximate surface area is 254 Å². The molecule has 216 valence electrons. The van der Waals surface area contributed by atoms with Crippen molar-refractivity contribution in [2.24, 2.45) is 0 Å². The van der Waals surface area contributed by atoms with E-state index in [1.54, 1.807) is 22.8 Å². The van der Waals surface area contributed by atoms with E-state index in [0.29, 0.717) is 27.3 Å². The first kappa shape index (κ1) is 27.3. The number of thiazole rings is 1. The Morgan fingerprint density at radius 1 is 1.12 bits per heavy atom. The zero-order valence-electron chi connectivity index (χ0n) is 23.6. The van der Waals surface area contributed by atoms with Crippen molar-refractivity contribution in [2.75, 3.05) is 25.0 Å². The number of nitrogens with one attached hydrogen (secondary N) is 1. The molecule has 2 aromatic carbocycles. The highest BCUT2D eigenvalue weighted by Gasteiger charge is 2.41.